The molecule has 1 fully saturated rings. The summed E-state index contributed by atoms with van der Waals surface area (Å²) < 4.78 is 0. The molecule has 1 rings (SSSR count). The number of carboxylic acid groups (broad SMARTS) is 1. The molecule has 0 aromatic heterocycles. The molecular formula is C12H18O3. The number of allylic oxidation sites excluding steroid dienone is 2. The summed E-state index contributed by atoms with van der Waals surface area (Å²) >= 11 is 0. The number of rotatable bonds is 4. The number of aliphatic carboxylic acids is 1. The minimum atomic E-state index is -0.792. The molecule has 1 aliphatic rings. The maximum absolute atomic E-state index is 11.3. The van der Waals surface area contributed by atoms with Crippen molar-refractivity contribution in [1.82, 2.24) is 0 Å². The predicted octanol–water partition coefficient (Wildman–Crippen LogP) is 2.27. The van der Waals surface area contributed by atoms with E-state index in [2.05, 4.69) is 0 Å². The third-order valence-corrected chi connectivity index (χ3v) is 3.27. The number of hydrogen-bond donors (Lipinski definition) is 1. The lowest BCUT2D eigenvalue weighted by atomic mass is 9.83. The lowest BCUT2D eigenvalue weighted by Gasteiger charge is -2.20. The van der Waals surface area contributed by atoms with E-state index in [1.807, 2.05) is 19.1 Å². The zero-order valence-corrected chi connectivity index (χ0v) is 9.27. The van der Waals surface area contributed by atoms with Crippen LogP contribution < -0.4 is 0 Å². The van der Waals surface area contributed by atoms with Gasteiger partial charge in [0.2, 0.25) is 0 Å². The Morgan fingerprint density at radius 3 is 2.80 bits per heavy atom. The Labute approximate surface area is 90.2 Å². The summed E-state index contributed by atoms with van der Waals surface area (Å²) in [4.78, 5) is 22.2. The van der Waals surface area contributed by atoms with Crippen molar-refractivity contribution in [1.29, 1.82) is 0 Å². The van der Waals surface area contributed by atoms with Gasteiger partial charge in [0, 0.05) is 12.8 Å². The van der Waals surface area contributed by atoms with Gasteiger partial charge in [0.15, 0.2) is 0 Å². The van der Waals surface area contributed by atoms with Gasteiger partial charge in [0.25, 0.3) is 0 Å². The summed E-state index contributed by atoms with van der Waals surface area (Å²) in [7, 11) is 0. The van der Waals surface area contributed by atoms with Crippen LogP contribution in [-0.2, 0) is 9.59 Å². The van der Waals surface area contributed by atoms with Gasteiger partial charge in [0.05, 0.1) is 5.92 Å². The van der Waals surface area contributed by atoms with Gasteiger partial charge in [-0.15, -0.1) is 0 Å². The molecule has 3 nitrogen and oxygen atoms in total. The van der Waals surface area contributed by atoms with Crippen molar-refractivity contribution < 1.29 is 14.7 Å². The molecule has 3 heteroatoms. The first kappa shape index (κ1) is 12.0. The average molecular weight is 210 g/mol. The van der Waals surface area contributed by atoms with Crippen LogP contribution in [0, 0.1) is 17.8 Å². The summed E-state index contributed by atoms with van der Waals surface area (Å²) in [6, 6.07) is 0. The van der Waals surface area contributed by atoms with Crippen LogP contribution >= 0.6 is 0 Å². The van der Waals surface area contributed by atoms with Gasteiger partial charge < -0.3 is 5.11 Å². The fourth-order valence-electron chi connectivity index (χ4n) is 2.29. The summed E-state index contributed by atoms with van der Waals surface area (Å²) in [6.07, 6.45) is 5.78. The molecule has 3 unspecified atom stereocenters. The predicted molar refractivity (Wildman–Crippen MR) is 57.5 cm³/mol. The average Bonchev–Trinajstić information content (AvgIpc) is 2.55. The van der Waals surface area contributed by atoms with E-state index < -0.39 is 11.9 Å². The second kappa shape index (κ2) is 5.10. The lowest BCUT2D eigenvalue weighted by molar-refractivity contribution is -0.143. The highest BCUT2D eigenvalue weighted by Gasteiger charge is 2.38. The Morgan fingerprint density at radius 1 is 1.60 bits per heavy atom. The number of ketones is 1. The Kier molecular flexibility index (Phi) is 4.06. The molecule has 0 spiro atoms. The van der Waals surface area contributed by atoms with Crippen molar-refractivity contribution in [3.05, 3.63) is 12.2 Å². The highest BCUT2D eigenvalue weighted by atomic mass is 16.4. The molecule has 0 bridgehead atoms. The number of carbonyl (C=O) groups excluding carboxylic acids is 1. The molecule has 0 saturated heterocycles. The van der Waals surface area contributed by atoms with Crippen LogP contribution in [-0.4, -0.2) is 16.9 Å². The third kappa shape index (κ3) is 2.91. The van der Waals surface area contributed by atoms with Gasteiger partial charge in [0.1, 0.15) is 5.78 Å². The first-order valence-electron chi connectivity index (χ1n) is 5.42. The minimum absolute atomic E-state index is 0.0196. The summed E-state index contributed by atoms with van der Waals surface area (Å²) in [5.74, 6) is -0.750. The molecule has 0 aromatic carbocycles. The van der Waals surface area contributed by atoms with E-state index >= 15 is 0 Å². The highest BCUT2D eigenvalue weighted by molar-refractivity contribution is 5.82. The lowest BCUT2D eigenvalue weighted by Crippen LogP contribution is -2.23. The van der Waals surface area contributed by atoms with E-state index in [1.165, 1.54) is 0 Å². The van der Waals surface area contributed by atoms with Gasteiger partial charge in [-0.3, -0.25) is 9.59 Å². The van der Waals surface area contributed by atoms with Gasteiger partial charge in [-0.1, -0.05) is 19.1 Å². The molecule has 0 aliphatic heterocycles. The van der Waals surface area contributed by atoms with Crippen molar-refractivity contribution in [3.8, 4) is 0 Å². The second-order valence-corrected chi connectivity index (χ2v) is 4.30. The van der Waals surface area contributed by atoms with Crippen molar-refractivity contribution >= 4 is 11.8 Å². The van der Waals surface area contributed by atoms with Crippen LogP contribution in [0.5, 0.6) is 0 Å². The molecule has 1 saturated carbocycles. The fourth-order valence-corrected chi connectivity index (χ4v) is 2.29. The molecule has 15 heavy (non-hydrogen) atoms. The van der Waals surface area contributed by atoms with Gasteiger partial charge in [-0.2, -0.15) is 0 Å². The molecule has 0 amide bonds. The van der Waals surface area contributed by atoms with Crippen molar-refractivity contribution in [2.24, 2.45) is 17.8 Å². The first-order chi connectivity index (χ1) is 7.06. The van der Waals surface area contributed by atoms with Crippen molar-refractivity contribution in [2.45, 2.75) is 33.1 Å². The van der Waals surface area contributed by atoms with Crippen LogP contribution in [0.2, 0.25) is 0 Å². The Balaban J connectivity index is 2.67. The Bertz CT molecular complexity index is 281. The van der Waals surface area contributed by atoms with Crippen LogP contribution in [0.4, 0.5) is 0 Å². The monoisotopic (exact) mass is 210 g/mol. The second-order valence-electron chi connectivity index (χ2n) is 4.30. The van der Waals surface area contributed by atoms with Crippen molar-refractivity contribution in [2.75, 3.05) is 0 Å². The van der Waals surface area contributed by atoms with E-state index in [-0.39, 0.29) is 17.6 Å². The minimum Gasteiger partial charge on any atom is -0.481 e. The maximum atomic E-state index is 11.3. The van der Waals surface area contributed by atoms with E-state index in [0.29, 0.717) is 12.8 Å². The van der Waals surface area contributed by atoms with Crippen LogP contribution in [0.25, 0.3) is 0 Å². The van der Waals surface area contributed by atoms with E-state index in [1.54, 1.807) is 6.92 Å². The molecule has 0 heterocycles. The van der Waals surface area contributed by atoms with Crippen LogP contribution in [0.15, 0.2) is 12.2 Å². The van der Waals surface area contributed by atoms with E-state index in [0.717, 1.165) is 6.42 Å². The topological polar surface area (TPSA) is 54.4 Å². The summed E-state index contributed by atoms with van der Waals surface area (Å²) in [6.45, 7) is 3.64. The van der Waals surface area contributed by atoms with Crippen LogP contribution in [0.1, 0.15) is 33.1 Å². The fraction of sp³-hybridized carbons (Fsp3) is 0.667. The van der Waals surface area contributed by atoms with Crippen LogP contribution in [0.3, 0.4) is 0 Å². The normalized spacial score (nSPS) is 28.5. The third-order valence-electron chi connectivity index (χ3n) is 3.27. The van der Waals surface area contributed by atoms with Gasteiger partial charge in [-0.05, 0) is 25.2 Å². The summed E-state index contributed by atoms with van der Waals surface area (Å²) in [5, 5.41) is 8.94. The molecule has 1 N–H and O–H groups in total. The molecule has 84 valence electrons. The maximum Gasteiger partial charge on any atom is 0.306 e. The zero-order chi connectivity index (χ0) is 11.4. The van der Waals surface area contributed by atoms with Crippen molar-refractivity contribution in [3.63, 3.8) is 0 Å². The number of Topliss-reactive ketones (excluding diaryl/α,β-unsaturated/α-hetero) is 1. The first-order valence-corrected chi connectivity index (χ1v) is 5.42. The Morgan fingerprint density at radius 2 is 2.27 bits per heavy atom. The number of carboxylic acids is 1. The molecule has 0 radical (unpaired) electrons. The van der Waals surface area contributed by atoms with E-state index in [9.17, 15) is 9.59 Å². The number of carbonyl (C=O) groups is 2. The molecular weight excluding hydrogens is 192 g/mol. The van der Waals surface area contributed by atoms with Gasteiger partial charge in [-0.25, -0.2) is 0 Å². The van der Waals surface area contributed by atoms with Gasteiger partial charge >= 0.3 is 5.97 Å². The SMILES string of the molecule is C/C=C\CC1CC(=O)CC1C(C)C(=O)O. The zero-order valence-electron chi connectivity index (χ0n) is 9.27. The Hall–Kier alpha value is -1.12. The molecule has 0 aromatic rings. The quantitative estimate of drug-likeness (QED) is 0.724. The summed E-state index contributed by atoms with van der Waals surface area (Å²) in [5.41, 5.74) is 0. The smallest absolute Gasteiger partial charge is 0.306 e. The highest BCUT2D eigenvalue weighted by Crippen LogP contribution is 2.37. The molecule has 1 aliphatic carbocycles. The largest absolute Gasteiger partial charge is 0.481 e. The van der Waals surface area contributed by atoms with E-state index in [4.69, 9.17) is 5.11 Å². The molecule has 3 atom stereocenters. The number of hydrogen-bond acceptors (Lipinski definition) is 2. The standard InChI is InChI=1S/C12H18O3/c1-3-4-5-9-6-10(13)7-11(9)8(2)12(14)15/h3-4,8-9,11H,5-7H2,1-2H3,(H,14,15)/b4-3-.